The molecule has 0 saturated heterocycles. The number of rotatable bonds is 3. The average Bonchev–Trinajstić information content (AvgIpc) is 3.24. The van der Waals surface area contributed by atoms with Crippen LogP contribution in [0.4, 0.5) is 0 Å². The third-order valence-electron chi connectivity index (χ3n) is 4.36. The Labute approximate surface area is 167 Å². The van der Waals surface area contributed by atoms with Gasteiger partial charge in [0.1, 0.15) is 5.75 Å². The van der Waals surface area contributed by atoms with Crippen LogP contribution in [0.3, 0.4) is 0 Å². The maximum atomic E-state index is 5.83. The summed E-state index contributed by atoms with van der Waals surface area (Å²) in [5, 5.41) is 2.69. The number of fused-ring (bicyclic) bond motifs is 3. The summed E-state index contributed by atoms with van der Waals surface area (Å²) in [5.74, 6) is 1.32. The van der Waals surface area contributed by atoms with Gasteiger partial charge in [0.05, 0.1) is 9.83 Å². The molecule has 0 atom stereocenters. The van der Waals surface area contributed by atoms with E-state index in [9.17, 15) is 0 Å². The molecule has 0 N–H and O–H groups in total. The number of thiophene rings is 1. The Morgan fingerprint density at radius 2 is 1.35 bits per heavy atom. The second-order valence-electron chi connectivity index (χ2n) is 5.93. The van der Waals surface area contributed by atoms with E-state index in [1.54, 1.807) is 6.26 Å². The minimum absolute atomic E-state index is 0.0724. The molecular weight excluding hydrogens is 455 g/mol. The van der Waals surface area contributed by atoms with E-state index in [4.69, 9.17) is 9.15 Å². The standard InChI is InChI=1S/C22H14IO2S/c23-19-13-14-24-22(19)25-15-9-11-16(12-10-15)26-20-7-3-1-5-17(20)18-6-2-4-8-21(18)26/h1-14H/q+1. The number of hydrogen-bond acceptors (Lipinski definition) is 2. The molecule has 3 aromatic carbocycles. The normalized spacial score (nSPS) is 11.3. The highest BCUT2D eigenvalue weighted by molar-refractivity contribution is 14.1. The fraction of sp³-hybridized carbons (Fsp3) is 0. The number of furan rings is 1. The van der Waals surface area contributed by atoms with Crippen molar-refractivity contribution in [3.05, 3.63) is 88.7 Å². The summed E-state index contributed by atoms with van der Waals surface area (Å²) in [5.41, 5.74) is 0. The van der Waals surface area contributed by atoms with Gasteiger partial charge in [0.15, 0.2) is 14.3 Å². The molecule has 0 aliphatic heterocycles. The zero-order valence-corrected chi connectivity index (χ0v) is 16.7. The van der Waals surface area contributed by atoms with E-state index < -0.39 is 0 Å². The molecule has 5 rings (SSSR count). The van der Waals surface area contributed by atoms with Gasteiger partial charge < -0.3 is 9.15 Å². The average molecular weight is 469 g/mol. The Morgan fingerprint density at radius 3 is 1.92 bits per heavy atom. The van der Waals surface area contributed by atoms with Gasteiger partial charge in [-0.2, -0.15) is 0 Å². The Morgan fingerprint density at radius 1 is 0.731 bits per heavy atom. The van der Waals surface area contributed by atoms with Crippen LogP contribution in [0.1, 0.15) is 0 Å². The van der Waals surface area contributed by atoms with Crippen LogP contribution in [0.15, 0.2) is 89.5 Å². The lowest BCUT2D eigenvalue weighted by Crippen LogP contribution is -1.83. The summed E-state index contributed by atoms with van der Waals surface area (Å²) in [6, 6.07) is 27.7. The van der Waals surface area contributed by atoms with Crippen molar-refractivity contribution in [3.8, 4) is 16.6 Å². The van der Waals surface area contributed by atoms with E-state index in [-0.39, 0.29) is 10.5 Å². The summed E-state index contributed by atoms with van der Waals surface area (Å²) < 4.78 is 14.9. The lowest BCUT2D eigenvalue weighted by atomic mass is 10.2. The van der Waals surface area contributed by atoms with Gasteiger partial charge in [0, 0.05) is 33.4 Å². The zero-order chi connectivity index (χ0) is 17.5. The van der Waals surface area contributed by atoms with Crippen molar-refractivity contribution in [2.75, 3.05) is 0 Å². The maximum absolute atomic E-state index is 5.83. The first kappa shape index (κ1) is 15.9. The minimum atomic E-state index is -0.0724. The van der Waals surface area contributed by atoms with Crippen molar-refractivity contribution in [3.63, 3.8) is 0 Å². The first-order chi connectivity index (χ1) is 12.8. The fourth-order valence-electron chi connectivity index (χ4n) is 3.21. The second-order valence-corrected chi connectivity index (χ2v) is 9.05. The van der Waals surface area contributed by atoms with Gasteiger partial charge in [-0.3, -0.25) is 0 Å². The molecule has 126 valence electrons. The highest BCUT2D eigenvalue weighted by atomic mass is 127. The van der Waals surface area contributed by atoms with E-state index >= 15 is 0 Å². The third kappa shape index (κ3) is 2.61. The second kappa shape index (κ2) is 6.45. The largest absolute Gasteiger partial charge is 0.433 e. The molecular formula is C22H14IO2S+. The predicted molar refractivity (Wildman–Crippen MR) is 117 cm³/mol. The maximum Gasteiger partial charge on any atom is 0.303 e. The molecule has 2 aromatic heterocycles. The van der Waals surface area contributed by atoms with Gasteiger partial charge in [0.2, 0.25) is 0 Å². The highest BCUT2D eigenvalue weighted by Gasteiger charge is 2.23. The van der Waals surface area contributed by atoms with Crippen molar-refractivity contribution in [1.82, 2.24) is 0 Å². The molecule has 0 aliphatic rings. The van der Waals surface area contributed by atoms with Crippen LogP contribution in [0, 0.1) is 3.57 Å². The third-order valence-corrected chi connectivity index (χ3v) is 7.49. The molecule has 5 aromatic rings. The molecule has 0 aliphatic carbocycles. The van der Waals surface area contributed by atoms with Gasteiger partial charge in [-0.15, -0.1) is 0 Å². The smallest absolute Gasteiger partial charge is 0.303 e. The Kier molecular flexibility index (Phi) is 3.94. The lowest BCUT2D eigenvalue weighted by molar-refractivity contribution is 0.344. The van der Waals surface area contributed by atoms with E-state index in [2.05, 4.69) is 83.3 Å². The van der Waals surface area contributed by atoms with Gasteiger partial charge in [-0.05, 0) is 65.1 Å². The van der Waals surface area contributed by atoms with Crippen LogP contribution >= 0.6 is 33.1 Å². The van der Waals surface area contributed by atoms with Gasteiger partial charge in [-0.25, -0.2) is 0 Å². The van der Waals surface area contributed by atoms with E-state index in [1.165, 1.54) is 25.1 Å². The Balaban J connectivity index is 1.62. The van der Waals surface area contributed by atoms with Crippen LogP contribution in [0.5, 0.6) is 11.7 Å². The fourth-order valence-corrected chi connectivity index (χ4v) is 5.97. The first-order valence-electron chi connectivity index (χ1n) is 8.25. The monoisotopic (exact) mass is 469 g/mol. The van der Waals surface area contributed by atoms with Crippen molar-refractivity contribution >= 4 is 53.2 Å². The summed E-state index contributed by atoms with van der Waals surface area (Å²) in [6.45, 7) is 0. The zero-order valence-electron chi connectivity index (χ0n) is 13.7. The van der Waals surface area contributed by atoms with E-state index in [0.29, 0.717) is 5.95 Å². The van der Waals surface area contributed by atoms with Crippen LogP contribution in [-0.4, -0.2) is 0 Å². The molecule has 0 bridgehead atoms. The predicted octanol–water partition coefficient (Wildman–Crippen LogP) is 7.72. The molecule has 0 radical (unpaired) electrons. The van der Waals surface area contributed by atoms with E-state index in [0.717, 1.165) is 9.32 Å². The molecule has 0 amide bonds. The Hall–Kier alpha value is -2.31. The number of benzene rings is 3. The first-order valence-corrected chi connectivity index (χ1v) is 10.6. The molecule has 0 fully saturated rings. The van der Waals surface area contributed by atoms with Crippen LogP contribution in [0.25, 0.3) is 25.1 Å². The van der Waals surface area contributed by atoms with Crippen molar-refractivity contribution < 1.29 is 9.15 Å². The molecule has 0 spiro atoms. The quantitative estimate of drug-likeness (QED) is 0.199. The molecule has 26 heavy (non-hydrogen) atoms. The van der Waals surface area contributed by atoms with Crippen molar-refractivity contribution in [1.29, 1.82) is 0 Å². The van der Waals surface area contributed by atoms with Gasteiger partial charge in [0.25, 0.3) is 0 Å². The summed E-state index contributed by atoms with van der Waals surface area (Å²) >= 11 is 2.20. The SMILES string of the molecule is Ic1ccoc1Oc1ccc(-[s+]2c3ccccc3c3ccccc32)cc1. The molecule has 2 nitrogen and oxygen atoms in total. The van der Waals surface area contributed by atoms with Gasteiger partial charge >= 0.3 is 5.95 Å². The van der Waals surface area contributed by atoms with Crippen LogP contribution in [0.2, 0.25) is 0 Å². The molecule has 0 unspecified atom stereocenters. The summed E-state index contributed by atoms with van der Waals surface area (Å²) in [6.07, 6.45) is 1.64. The minimum Gasteiger partial charge on any atom is -0.433 e. The van der Waals surface area contributed by atoms with Gasteiger partial charge in [-0.1, -0.05) is 24.3 Å². The van der Waals surface area contributed by atoms with Crippen LogP contribution in [-0.2, 0) is 0 Å². The van der Waals surface area contributed by atoms with Crippen LogP contribution < -0.4 is 4.74 Å². The lowest BCUT2D eigenvalue weighted by Gasteiger charge is -2.02. The highest BCUT2D eigenvalue weighted by Crippen LogP contribution is 2.48. The summed E-state index contributed by atoms with van der Waals surface area (Å²) in [4.78, 5) is 1.30. The van der Waals surface area contributed by atoms with Crippen molar-refractivity contribution in [2.45, 2.75) is 0 Å². The number of hydrogen-bond donors (Lipinski definition) is 0. The summed E-state index contributed by atoms with van der Waals surface area (Å²) in [7, 11) is -0.0724. The topological polar surface area (TPSA) is 22.4 Å². The molecule has 4 heteroatoms. The number of halogens is 1. The molecule has 0 saturated carbocycles. The van der Waals surface area contributed by atoms with E-state index in [1.807, 2.05) is 18.2 Å². The molecule has 2 heterocycles. The number of ether oxygens (including phenoxy) is 1. The van der Waals surface area contributed by atoms with Crippen molar-refractivity contribution in [2.24, 2.45) is 0 Å². The Bertz CT molecular complexity index is 1160.